The average molecular weight is 367 g/mol. The van der Waals surface area contributed by atoms with E-state index in [1.807, 2.05) is 0 Å². The number of nitrogens with zero attached hydrogens (tertiary/aromatic N) is 2. The third-order valence-electron chi connectivity index (χ3n) is 7.44. The molecule has 0 aromatic rings. The van der Waals surface area contributed by atoms with Crippen LogP contribution in [0, 0.1) is 0 Å². The molecule has 2 nitrogen and oxygen atoms in total. The molecule has 154 valence electrons. The summed E-state index contributed by atoms with van der Waals surface area (Å²) in [5.41, 5.74) is 0. The SMILES string of the molecule is C[N+]1(CCCCCCCC[N+]2(C)CCCCCCC2)CCCCCCC1. The fourth-order valence-electron chi connectivity index (χ4n) is 5.40. The molecule has 0 aromatic heterocycles. The zero-order valence-corrected chi connectivity index (χ0v) is 18.5. The quantitative estimate of drug-likeness (QED) is 0.339. The van der Waals surface area contributed by atoms with Crippen LogP contribution in [0.1, 0.15) is 103 Å². The molecule has 2 heteroatoms. The highest BCUT2D eigenvalue weighted by atomic mass is 15.3. The lowest BCUT2D eigenvalue weighted by atomic mass is 10.0. The topological polar surface area (TPSA) is 0 Å². The van der Waals surface area contributed by atoms with Gasteiger partial charge in [0.1, 0.15) is 0 Å². The first-order valence-electron chi connectivity index (χ1n) is 12.3. The second-order valence-electron chi connectivity index (χ2n) is 10.2. The minimum atomic E-state index is 1.37. The lowest BCUT2D eigenvalue weighted by Gasteiger charge is -2.36. The van der Waals surface area contributed by atoms with Gasteiger partial charge in [0.05, 0.1) is 53.4 Å². The van der Waals surface area contributed by atoms with Crippen molar-refractivity contribution in [3.8, 4) is 0 Å². The van der Waals surface area contributed by atoms with Crippen molar-refractivity contribution in [1.82, 2.24) is 0 Å². The van der Waals surface area contributed by atoms with Gasteiger partial charge >= 0.3 is 0 Å². The van der Waals surface area contributed by atoms with Gasteiger partial charge in [0.15, 0.2) is 0 Å². The molecular weight excluding hydrogens is 316 g/mol. The van der Waals surface area contributed by atoms with E-state index >= 15 is 0 Å². The lowest BCUT2D eigenvalue weighted by Crippen LogP contribution is -2.46. The molecule has 0 saturated carbocycles. The van der Waals surface area contributed by atoms with Gasteiger partial charge in [-0.25, -0.2) is 0 Å². The van der Waals surface area contributed by atoms with E-state index in [2.05, 4.69) is 14.1 Å². The summed E-state index contributed by atoms with van der Waals surface area (Å²) in [7, 11) is 5.05. The standard InChI is InChI=1S/C24H50N2/c1-25(21-15-9-5-10-16-22-25)19-13-7-3-4-8-14-20-26(2)23-17-11-6-12-18-24-26/h3-24H2,1-2H3/q+2. The van der Waals surface area contributed by atoms with Gasteiger partial charge in [-0.15, -0.1) is 0 Å². The second kappa shape index (κ2) is 12.4. The van der Waals surface area contributed by atoms with Gasteiger partial charge in [-0.1, -0.05) is 25.7 Å². The first kappa shape index (κ1) is 22.2. The van der Waals surface area contributed by atoms with Gasteiger partial charge in [-0.05, 0) is 77.0 Å². The Morgan fingerprint density at radius 2 is 0.654 bits per heavy atom. The number of hydrogen-bond donors (Lipinski definition) is 0. The molecule has 0 aromatic carbocycles. The van der Waals surface area contributed by atoms with Crippen LogP contribution >= 0.6 is 0 Å². The first-order chi connectivity index (χ1) is 12.6. The third kappa shape index (κ3) is 9.22. The zero-order valence-electron chi connectivity index (χ0n) is 18.5. The van der Waals surface area contributed by atoms with Crippen molar-refractivity contribution in [3.63, 3.8) is 0 Å². The molecule has 2 fully saturated rings. The molecule has 0 spiro atoms. The highest BCUT2D eigenvalue weighted by Crippen LogP contribution is 2.19. The highest BCUT2D eigenvalue weighted by molar-refractivity contribution is 4.54. The molecule has 26 heavy (non-hydrogen) atoms. The summed E-state index contributed by atoms with van der Waals surface area (Å²) in [4.78, 5) is 0. The summed E-state index contributed by atoms with van der Waals surface area (Å²) >= 11 is 0. The Kier molecular flexibility index (Phi) is 10.6. The van der Waals surface area contributed by atoms with Gasteiger partial charge in [0, 0.05) is 0 Å². The second-order valence-corrected chi connectivity index (χ2v) is 10.2. The summed E-state index contributed by atoms with van der Waals surface area (Å²) < 4.78 is 2.74. The molecule has 0 atom stereocenters. The number of likely N-dealkylation sites (tertiary alicyclic amines) is 2. The lowest BCUT2D eigenvalue weighted by molar-refractivity contribution is -0.910. The van der Waals surface area contributed by atoms with E-state index in [-0.39, 0.29) is 0 Å². The van der Waals surface area contributed by atoms with Gasteiger partial charge in [0.2, 0.25) is 0 Å². The molecule has 2 rings (SSSR count). The Balaban J connectivity index is 1.48. The molecule has 2 aliphatic rings. The third-order valence-corrected chi connectivity index (χ3v) is 7.44. The minimum absolute atomic E-state index is 1.37. The maximum Gasteiger partial charge on any atom is 0.0784 e. The van der Waals surface area contributed by atoms with Crippen LogP contribution in [0.3, 0.4) is 0 Å². The molecule has 0 bridgehead atoms. The first-order valence-corrected chi connectivity index (χ1v) is 12.3. The predicted octanol–water partition coefficient (Wildman–Crippen LogP) is 6.15. The summed E-state index contributed by atoms with van der Waals surface area (Å²) in [6.45, 7) is 8.64. The van der Waals surface area contributed by atoms with E-state index in [0.29, 0.717) is 0 Å². The Morgan fingerprint density at radius 1 is 0.385 bits per heavy atom. The van der Waals surface area contributed by atoms with Crippen molar-refractivity contribution < 1.29 is 8.97 Å². The van der Waals surface area contributed by atoms with E-state index in [1.54, 1.807) is 0 Å². The minimum Gasteiger partial charge on any atom is -0.326 e. The smallest absolute Gasteiger partial charge is 0.0784 e. The Bertz CT molecular complexity index is 302. The fraction of sp³-hybridized carbons (Fsp3) is 1.00. The van der Waals surface area contributed by atoms with Crippen LogP contribution in [0.15, 0.2) is 0 Å². The van der Waals surface area contributed by atoms with Crippen LogP contribution in [0.2, 0.25) is 0 Å². The van der Waals surface area contributed by atoms with E-state index in [9.17, 15) is 0 Å². The van der Waals surface area contributed by atoms with Crippen LogP contribution in [0.4, 0.5) is 0 Å². The molecule has 0 amide bonds. The maximum atomic E-state index is 2.53. The monoisotopic (exact) mass is 366 g/mol. The molecule has 0 radical (unpaired) electrons. The van der Waals surface area contributed by atoms with Crippen LogP contribution in [0.5, 0.6) is 0 Å². The Morgan fingerprint density at radius 3 is 1.00 bits per heavy atom. The summed E-state index contributed by atoms with van der Waals surface area (Å²) in [5, 5.41) is 0. The normalized spacial score (nSPS) is 24.2. The van der Waals surface area contributed by atoms with Gasteiger partial charge < -0.3 is 8.97 Å². The van der Waals surface area contributed by atoms with Crippen molar-refractivity contribution in [3.05, 3.63) is 0 Å². The maximum absolute atomic E-state index is 2.53. The van der Waals surface area contributed by atoms with Gasteiger partial charge in [-0.2, -0.15) is 0 Å². The molecule has 0 aliphatic carbocycles. The summed E-state index contributed by atoms with van der Waals surface area (Å²) in [6, 6.07) is 0. The summed E-state index contributed by atoms with van der Waals surface area (Å²) in [6.07, 6.45) is 23.6. The number of unbranched alkanes of at least 4 members (excludes halogenated alkanes) is 5. The predicted molar refractivity (Wildman–Crippen MR) is 115 cm³/mol. The van der Waals surface area contributed by atoms with Crippen LogP contribution in [-0.4, -0.2) is 62.3 Å². The summed E-state index contributed by atoms with van der Waals surface area (Å²) in [5.74, 6) is 0. The average Bonchev–Trinajstić information content (AvgIpc) is 2.58. The van der Waals surface area contributed by atoms with Gasteiger partial charge in [0.25, 0.3) is 0 Å². The molecule has 2 heterocycles. The van der Waals surface area contributed by atoms with Crippen LogP contribution in [-0.2, 0) is 0 Å². The van der Waals surface area contributed by atoms with E-state index in [0.717, 1.165) is 0 Å². The zero-order chi connectivity index (χ0) is 18.6. The van der Waals surface area contributed by atoms with Crippen molar-refractivity contribution in [2.24, 2.45) is 0 Å². The largest absolute Gasteiger partial charge is 0.326 e. The number of hydrogen-bond acceptors (Lipinski definition) is 0. The molecule has 2 aliphatic heterocycles. The van der Waals surface area contributed by atoms with E-state index in [1.165, 1.54) is 151 Å². The Hall–Kier alpha value is -0.0800. The highest BCUT2D eigenvalue weighted by Gasteiger charge is 2.22. The number of rotatable bonds is 9. The van der Waals surface area contributed by atoms with Gasteiger partial charge in [-0.3, -0.25) is 0 Å². The molecular formula is C24H50N2+2. The van der Waals surface area contributed by atoms with Crippen LogP contribution < -0.4 is 0 Å². The molecule has 0 unspecified atom stereocenters. The fourth-order valence-corrected chi connectivity index (χ4v) is 5.40. The van der Waals surface area contributed by atoms with Crippen molar-refractivity contribution in [1.29, 1.82) is 0 Å². The number of quaternary nitrogens is 2. The van der Waals surface area contributed by atoms with Crippen molar-refractivity contribution >= 4 is 0 Å². The van der Waals surface area contributed by atoms with Crippen LogP contribution in [0.25, 0.3) is 0 Å². The van der Waals surface area contributed by atoms with E-state index in [4.69, 9.17) is 0 Å². The Labute approximate surface area is 165 Å². The van der Waals surface area contributed by atoms with Crippen molar-refractivity contribution in [2.75, 3.05) is 53.4 Å². The molecule has 0 N–H and O–H groups in total. The molecule has 2 saturated heterocycles. The van der Waals surface area contributed by atoms with Crippen molar-refractivity contribution in [2.45, 2.75) is 103 Å². The van der Waals surface area contributed by atoms with E-state index < -0.39 is 0 Å².